The molecule has 0 aliphatic carbocycles. The van der Waals surface area contributed by atoms with Gasteiger partial charge in [0, 0.05) is 11.2 Å². The summed E-state index contributed by atoms with van der Waals surface area (Å²) in [7, 11) is 0. The van der Waals surface area contributed by atoms with Gasteiger partial charge in [-0.2, -0.15) is 0 Å². The van der Waals surface area contributed by atoms with Gasteiger partial charge in [0.05, 0.1) is 10.0 Å². The first-order chi connectivity index (χ1) is 8.98. The summed E-state index contributed by atoms with van der Waals surface area (Å²) in [5.74, 6) is 0. The van der Waals surface area contributed by atoms with Gasteiger partial charge in [0.2, 0.25) is 0 Å². The summed E-state index contributed by atoms with van der Waals surface area (Å²) in [5, 5.41) is 8.09. The van der Waals surface area contributed by atoms with E-state index < -0.39 is 0 Å². The van der Waals surface area contributed by atoms with Gasteiger partial charge in [-0.05, 0) is 56.1 Å². The first-order valence-electron chi connectivity index (χ1n) is 6.53. The average Bonchev–Trinajstić information content (AvgIpc) is 2.18. The molecule has 0 amide bonds. The maximum absolute atomic E-state index is 5.98. The minimum Gasteiger partial charge on any atom is -0.358 e. The molecular formula is C15H22Cl2N2S. The molecule has 0 saturated heterocycles. The molecule has 0 aliphatic heterocycles. The van der Waals surface area contributed by atoms with E-state index in [1.54, 1.807) is 12.1 Å². The van der Waals surface area contributed by atoms with E-state index in [-0.39, 0.29) is 11.0 Å². The summed E-state index contributed by atoms with van der Waals surface area (Å²) in [5.41, 5.74) is 0.970. The fraction of sp³-hybridized carbons (Fsp3) is 0.533. The van der Waals surface area contributed by atoms with Crippen LogP contribution in [0.4, 0.5) is 5.69 Å². The van der Waals surface area contributed by atoms with Gasteiger partial charge in [0.15, 0.2) is 5.11 Å². The molecule has 0 spiro atoms. The van der Waals surface area contributed by atoms with Crippen LogP contribution in [0.5, 0.6) is 0 Å². The van der Waals surface area contributed by atoms with Gasteiger partial charge in [-0.15, -0.1) is 0 Å². The molecule has 0 aromatic heterocycles. The average molecular weight is 333 g/mol. The Balaban J connectivity index is 2.65. The highest BCUT2D eigenvalue weighted by Crippen LogP contribution is 2.27. The number of hydrogen-bond donors (Lipinski definition) is 2. The molecule has 0 bridgehead atoms. The zero-order valence-corrected chi connectivity index (χ0v) is 14.9. The van der Waals surface area contributed by atoms with Crippen molar-refractivity contribution in [2.24, 2.45) is 5.41 Å². The number of hydrogen-bond acceptors (Lipinski definition) is 1. The summed E-state index contributed by atoms with van der Waals surface area (Å²) < 4.78 is 0. The number of rotatable bonds is 3. The molecule has 0 aliphatic rings. The van der Waals surface area contributed by atoms with Crippen molar-refractivity contribution in [3.63, 3.8) is 0 Å². The molecule has 0 saturated carbocycles. The van der Waals surface area contributed by atoms with Gasteiger partial charge in [-0.1, -0.05) is 44.0 Å². The highest BCUT2D eigenvalue weighted by Gasteiger charge is 2.25. The van der Waals surface area contributed by atoms with Crippen LogP contribution in [0.25, 0.3) is 0 Å². The first-order valence-corrected chi connectivity index (χ1v) is 7.69. The Morgan fingerprint density at radius 1 is 1.10 bits per heavy atom. The molecule has 112 valence electrons. The van der Waals surface area contributed by atoms with Crippen molar-refractivity contribution in [3.05, 3.63) is 28.2 Å². The van der Waals surface area contributed by atoms with Gasteiger partial charge in [0.25, 0.3) is 0 Å². The number of halogens is 2. The SMILES string of the molecule is CC(C)(C)CC(C)(C)NC(=S)Nc1ccc(Cl)c(Cl)c1. The minimum absolute atomic E-state index is 0.0848. The molecule has 2 N–H and O–H groups in total. The van der Waals surface area contributed by atoms with Gasteiger partial charge < -0.3 is 10.6 Å². The fourth-order valence-corrected chi connectivity index (χ4v) is 3.11. The maximum Gasteiger partial charge on any atom is 0.171 e. The summed E-state index contributed by atoms with van der Waals surface area (Å²) >= 11 is 17.2. The Bertz CT molecular complexity index is 493. The van der Waals surface area contributed by atoms with Crippen LogP contribution in [-0.2, 0) is 0 Å². The zero-order chi connectivity index (χ0) is 15.6. The highest BCUT2D eigenvalue weighted by molar-refractivity contribution is 7.80. The summed E-state index contributed by atoms with van der Waals surface area (Å²) in [6.45, 7) is 10.9. The molecule has 1 rings (SSSR count). The van der Waals surface area contributed by atoms with Crippen LogP contribution in [0.3, 0.4) is 0 Å². The first kappa shape index (κ1) is 17.5. The molecule has 0 heterocycles. The zero-order valence-electron chi connectivity index (χ0n) is 12.6. The molecule has 5 heteroatoms. The van der Waals surface area contributed by atoms with E-state index in [0.717, 1.165) is 12.1 Å². The van der Waals surface area contributed by atoms with Crippen molar-refractivity contribution >= 4 is 46.2 Å². The van der Waals surface area contributed by atoms with E-state index >= 15 is 0 Å². The number of nitrogens with one attached hydrogen (secondary N) is 2. The quantitative estimate of drug-likeness (QED) is 0.715. The standard InChI is InChI=1S/C15H22Cl2N2S/c1-14(2,3)9-15(4,5)19-13(20)18-10-6-7-11(16)12(17)8-10/h6-8H,9H2,1-5H3,(H2,18,19,20). The molecule has 1 aromatic carbocycles. The molecule has 0 fully saturated rings. The number of benzene rings is 1. The van der Waals surface area contributed by atoms with Gasteiger partial charge >= 0.3 is 0 Å². The smallest absolute Gasteiger partial charge is 0.171 e. The Hall–Kier alpha value is -0.510. The summed E-state index contributed by atoms with van der Waals surface area (Å²) in [6, 6.07) is 5.35. The van der Waals surface area contributed by atoms with Crippen LogP contribution in [0.1, 0.15) is 41.0 Å². The molecule has 0 atom stereocenters. The topological polar surface area (TPSA) is 24.1 Å². The van der Waals surface area contributed by atoms with Crippen molar-refractivity contribution in [3.8, 4) is 0 Å². The molecular weight excluding hydrogens is 311 g/mol. The Labute approximate surface area is 137 Å². The van der Waals surface area contributed by atoms with E-state index in [9.17, 15) is 0 Å². The maximum atomic E-state index is 5.98. The summed E-state index contributed by atoms with van der Waals surface area (Å²) in [6.07, 6.45) is 1.00. The van der Waals surface area contributed by atoms with Crippen LogP contribution in [0, 0.1) is 5.41 Å². The number of anilines is 1. The van der Waals surface area contributed by atoms with Crippen molar-refractivity contribution in [1.29, 1.82) is 0 Å². The Kier molecular flexibility index (Phi) is 5.70. The third-order valence-electron chi connectivity index (χ3n) is 2.60. The lowest BCUT2D eigenvalue weighted by atomic mass is 9.82. The normalized spacial score (nSPS) is 12.2. The lowest BCUT2D eigenvalue weighted by Crippen LogP contribution is -2.47. The second-order valence-electron chi connectivity index (χ2n) is 6.83. The van der Waals surface area contributed by atoms with Crippen LogP contribution in [-0.4, -0.2) is 10.7 Å². The monoisotopic (exact) mass is 332 g/mol. The van der Waals surface area contributed by atoms with E-state index in [1.165, 1.54) is 0 Å². The highest BCUT2D eigenvalue weighted by atomic mass is 35.5. The lowest BCUT2D eigenvalue weighted by Gasteiger charge is -2.34. The Morgan fingerprint density at radius 3 is 2.20 bits per heavy atom. The van der Waals surface area contributed by atoms with Gasteiger partial charge in [-0.3, -0.25) is 0 Å². The Morgan fingerprint density at radius 2 is 1.70 bits per heavy atom. The molecule has 1 aromatic rings. The largest absolute Gasteiger partial charge is 0.358 e. The van der Waals surface area contributed by atoms with E-state index in [0.29, 0.717) is 15.2 Å². The number of thiocarbonyl (C=S) groups is 1. The van der Waals surface area contributed by atoms with Crippen molar-refractivity contribution in [1.82, 2.24) is 5.32 Å². The second kappa shape index (κ2) is 6.50. The molecule has 2 nitrogen and oxygen atoms in total. The minimum atomic E-state index is -0.0848. The third-order valence-corrected chi connectivity index (χ3v) is 3.54. The second-order valence-corrected chi connectivity index (χ2v) is 8.05. The van der Waals surface area contributed by atoms with Crippen LogP contribution in [0.2, 0.25) is 10.0 Å². The molecule has 0 unspecified atom stereocenters. The van der Waals surface area contributed by atoms with Crippen molar-refractivity contribution < 1.29 is 0 Å². The van der Waals surface area contributed by atoms with Gasteiger partial charge in [0.1, 0.15) is 0 Å². The third kappa shape index (κ3) is 6.29. The van der Waals surface area contributed by atoms with Crippen LogP contribution in [0.15, 0.2) is 18.2 Å². The van der Waals surface area contributed by atoms with E-state index in [4.69, 9.17) is 35.4 Å². The van der Waals surface area contributed by atoms with Crippen molar-refractivity contribution in [2.45, 2.75) is 46.6 Å². The predicted molar refractivity (Wildman–Crippen MR) is 94.0 cm³/mol. The van der Waals surface area contributed by atoms with Gasteiger partial charge in [-0.25, -0.2) is 0 Å². The fourth-order valence-electron chi connectivity index (χ4n) is 2.41. The van der Waals surface area contributed by atoms with Crippen molar-refractivity contribution in [2.75, 3.05) is 5.32 Å². The van der Waals surface area contributed by atoms with E-state index in [1.807, 2.05) is 6.07 Å². The van der Waals surface area contributed by atoms with Crippen LogP contribution >= 0.6 is 35.4 Å². The summed E-state index contributed by atoms with van der Waals surface area (Å²) in [4.78, 5) is 0. The molecule has 20 heavy (non-hydrogen) atoms. The van der Waals surface area contributed by atoms with Crippen LogP contribution < -0.4 is 10.6 Å². The van der Waals surface area contributed by atoms with E-state index in [2.05, 4.69) is 45.3 Å². The lowest BCUT2D eigenvalue weighted by molar-refractivity contribution is 0.268. The molecule has 0 radical (unpaired) electrons. The predicted octanol–water partition coefficient (Wildman–Crippen LogP) is 5.49.